The molecule has 1 amide bonds. The van der Waals surface area contributed by atoms with Gasteiger partial charge < -0.3 is 20.7 Å². The maximum atomic E-state index is 12.4. The van der Waals surface area contributed by atoms with E-state index in [1.54, 1.807) is 27.1 Å². The number of aryl methyl sites for hydroxylation is 1. The summed E-state index contributed by atoms with van der Waals surface area (Å²) in [4.78, 5) is 21.8. The lowest BCUT2D eigenvalue weighted by atomic mass is 10.1. The maximum absolute atomic E-state index is 12.4. The number of imidazole rings is 1. The van der Waals surface area contributed by atoms with E-state index in [0.717, 1.165) is 39.6 Å². The smallest absolute Gasteiger partial charge is 0.242 e. The minimum absolute atomic E-state index is 0.175. The molecule has 0 fully saturated rings. The molecule has 0 bridgehead atoms. The average Bonchev–Trinajstić information content (AvgIpc) is 3.22. The summed E-state index contributed by atoms with van der Waals surface area (Å²) in [5.74, 6) is 7.42. The Kier molecular flexibility index (Phi) is 6.99. The van der Waals surface area contributed by atoms with E-state index in [0.29, 0.717) is 11.5 Å². The third-order valence-corrected chi connectivity index (χ3v) is 5.73. The molecule has 1 unspecified atom stereocenters. The van der Waals surface area contributed by atoms with Crippen molar-refractivity contribution in [1.29, 1.82) is 0 Å². The van der Waals surface area contributed by atoms with Crippen LogP contribution in [0, 0.1) is 18.8 Å². The molecule has 35 heavy (non-hydrogen) atoms. The number of likely N-dealkylation sites (N-methyl/N-ethyl adjacent to an activating group) is 1. The summed E-state index contributed by atoms with van der Waals surface area (Å²) in [6.45, 7) is 3.75. The van der Waals surface area contributed by atoms with E-state index in [1.165, 1.54) is 0 Å². The highest BCUT2D eigenvalue weighted by molar-refractivity contribution is 5.94. The summed E-state index contributed by atoms with van der Waals surface area (Å²) in [6, 6.07) is 14.9. The first-order valence-electron chi connectivity index (χ1n) is 11.3. The van der Waals surface area contributed by atoms with Gasteiger partial charge in [-0.2, -0.15) is 0 Å². The molecular weight excluding hydrogens is 440 g/mol. The van der Waals surface area contributed by atoms with Crippen LogP contribution in [0.3, 0.4) is 0 Å². The number of carbonyl (C=O) groups excluding carboxylic acids is 1. The van der Waals surface area contributed by atoms with Crippen LogP contribution in [0.4, 0.5) is 11.5 Å². The minimum atomic E-state index is -0.355. The second kappa shape index (κ2) is 10.3. The molecular formula is C27H28N6O2. The van der Waals surface area contributed by atoms with Crippen LogP contribution in [0.5, 0.6) is 5.75 Å². The maximum Gasteiger partial charge on any atom is 0.242 e. The Morgan fingerprint density at radius 3 is 2.66 bits per heavy atom. The molecule has 0 aliphatic heterocycles. The first-order chi connectivity index (χ1) is 16.9. The zero-order chi connectivity index (χ0) is 24.9. The molecule has 0 aliphatic rings. The van der Waals surface area contributed by atoms with Gasteiger partial charge in [-0.3, -0.25) is 9.20 Å². The van der Waals surface area contributed by atoms with Gasteiger partial charge in [0.2, 0.25) is 5.91 Å². The molecule has 3 aromatic heterocycles. The molecule has 4 rings (SSSR count). The quantitative estimate of drug-likeness (QED) is 0.374. The van der Waals surface area contributed by atoms with Gasteiger partial charge in [0.25, 0.3) is 0 Å². The molecule has 1 atom stereocenters. The van der Waals surface area contributed by atoms with Gasteiger partial charge in [0.1, 0.15) is 22.9 Å². The van der Waals surface area contributed by atoms with Crippen molar-refractivity contribution in [3.63, 3.8) is 0 Å². The van der Waals surface area contributed by atoms with Gasteiger partial charge in [0.05, 0.1) is 30.2 Å². The summed E-state index contributed by atoms with van der Waals surface area (Å²) in [7, 11) is 5.20. The Hall–Kier alpha value is -4.35. The van der Waals surface area contributed by atoms with Crippen LogP contribution in [-0.4, -0.2) is 47.5 Å². The van der Waals surface area contributed by atoms with E-state index in [2.05, 4.69) is 32.8 Å². The molecule has 3 N–H and O–H groups in total. The molecule has 0 saturated heterocycles. The van der Waals surface area contributed by atoms with Gasteiger partial charge in [0, 0.05) is 24.4 Å². The lowest BCUT2D eigenvalue weighted by molar-refractivity contribution is -0.117. The summed E-state index contributed by atoms with van der Waals surface area (Å²) >= 11 is 0. The first-order valence-corrected chi connectivity index (χ1v) is 11.3. The van der Waals surface area contributed by atoms with Crippen molar-refractivity contribution in [2.45, 2.75) is 19.9 Å². The molecule has 0 aliphatic carbocycles. The highest BCUT2D eigenvalue weighted by Crippen LogP contribution is 2.29. The van der Waals surface area contributed by atoms with Crippen molar-refractivity contribution in [1.82, 2.24) is 19.7 Å². The number of methoxy groups -OCH3 is 1. The number of amides is 1. The third-order valence-electron chi connectivity index (χ3n) is 5.73. The highest BCUT2D eigenvalue weighted by Gasteiger charge is 2.17. The Morgan fingerprint density at radius 2 is 1.91 bits per heavy atom. The molecule has 0 spiro atoms. The molecule has 0 radical (unpaired) electrons. The number of hydrogen-bond acceptors (Lipinski definition) is 6. The fourth-order valence-corrected chi connectivity index (χ4v) is 3.73. The Bertz CT molecular complexity index is 1450. The van der Waals surface area contributed by atoms with Gasteiger partial charge in [-0.1, -0.05) is 12.0 Å². The topological polar surface area (TPSA) is 92.6 Å². The van der Waals surface area contributed by atoms with E-state index < -0.39 is 0 Å². The Labute approximate surface area is 204 Å². The van der Waals surface area contributed by atoms with Crippen molar-refractivity contribution in [2.24, 2.45) is 0 Å². The second-order valence-corrected chi connectivity index (χ2v) is 7.98. The molecule has 178 valence electrons. The summed E-state index contributed by atoms with van der Waals surface area (Å²) in [5, 5.41) is 8.91. The number of aromatic nitrogens is 3. The third kappa shape index (κ3) is 4.95. The van der Waals surface area contributed by atoms with Crippen LogP contribution in [-0.2, 0) is 4.79 Å². The monoisotopic (exact) mass is 468 g/mol. The first kappa shape index (κ1) is 23.8. The van der Waals surface area contributed by atoms with Gasteiger partial charge in [-0.15, -0.1) is 0 Å². The van der Waals surface area contributed by atoms with Crippen LogP contribution < -0.4 is 20.7 Å². The van der Waals surface area contributed by atoms with Crippen molar-refractivity contribution in [3.05, 3.63) is 71.7 Å². The molecule has 8 heteroatoms. The van der Waals surface area contributed by atoms with Crippen LogP contribution in [0.15, 0.2) is 54.7 Å². The van der Waals surface area contributed by atoms with Crippen LogP contribution in [0.1, 0.15) is 23.9 Å². The van der Waals surface area contributed by atoms with Gasteiger partial charge in [-0.05, 0) is 69.3 Å². The van der Waals surface area contributed by atoms with E-state index in [9.17, 15) is 4.79 Å². The van der Waals surface area contributed by atoms with Gasteiger partial charge in [0.15, 0.2) is 0 Å². The Morgan fingerprint density at radius 1 is 1.09 bits per heavy atom. The number of rotatable bonds is 6. The van der Waals surface area contributed by atoms with E-state index in [-0.39, 0.29) is 11.9 Å². The standard InChI is InChI=1S/C27H28N6O2/c1-17-26(33-15-7-6-8-25(33)30-17)20-11-14-24(32-27(34)18(2)28-3)31-21(20)12-9-19-10-13-23(35-5)22(16-19)29-4/h6-8,10-11,13-16,18,28-29H,1-5H3,(H,31,32,34). The van der Waals surface area contributed by atoms with Gasteiger partial charge >= 0.3 is 0 Å². The number of nitrogens with zero attached hydrogens (tertiary/aromatic N) is 3. The number of carbonyl (C=O) groups is 1. The SMILES string of the molecule is CNc1cc(C#Cc2nc(NC(=O)C(C)NC)ccc2-c2c(C)nc3ccccn23)ccc1OC. The molecule has 3 heterocycles. The highest BCUT2D eigenvalue weighted by atomic mass is 16.5. The lowest BCUT2D eigenvalue weighted by Gasteiger charge is -2.12. The predicted octanol–water partition coefficient (Wildman–Crippen LogP) is 3.70. The summed E-state index contributed by atoms with van der Waals surface area (Å²) in [5.41, 5.74) is 5.62. The van der Waals surface area contributed by atoms with E-state index in [1.807, 2.05) is 67.0 Å². The van der Waals surface area contributed by atoms with Crippen molar-refractivity contribution in [2.75, 3.05) is 31.8 Å². The van der Waals surface area contributed by atoms with Crippen LogP contribution >= 0.6 is 0 Å². The fraction of sp³-hybridized carbons (Fsp3) is 0.222. The number of benzene rings is 1. The van der Waals surface area contributed by atoms with E-state index in [4.69, 9.17) is 9.72 Å². The summed E-state index contributed by atoms with van der Waals surface area (Å²) < 4.78 is 7.40. The second-order valence-electron chi connectivity index (χ2n) is 7.98. The van der Waals surface area contributed by atoms with Crippen molar-refractivity contribution >= 4 is 23.1 Å². The van der Waals surface area contributed by atoms with Crippen molar-refractivity contribution < 1.29 is 9.53 Å². The molecule has 4 aromatic rings. The molecule has 8 nitrogen and oxygen atoms in total. The Balaban J connectivity index is 1.83. The van der Waals surface area contributed by atoms with Crippen LogP contribution in [0.25, 0.3) is 16.9 Å². The largest absolute Gasteiger partial charge is 0.495 e. The molecule has 0 saturated carbocycles. The predicted molar refractivity (Wildman–Crippen MR) is 139 cm³/mol. The number of anilines is 2. The number of ether oxygens (including phenoxy) is 1. The average molecular weight is 469 g/mol. The van der Waals surface area contributed by atoms with Crippen LogP contribution in [0.2, 0.25) is 0 Å². The fourth-order valence-electron chi connectivity index (χ4n) is 3.73. The minimum Gasteiger partial charge on any atom is -0.495 e. The van der Waals surface area contributed by atoms with Crippen molar-refractivity contribution in [3.8, 4) is 28.8 Å². The lowest BCUT2D eigenvalue weighted by Crippen LogP contribution is -2.35. The zero-order valence-corrected chi connectivity index (χ0v) is 20.4. The number of fused-ring (bicyclic) bond motifs is 1. The number of nitrogens with one attached hydrogen (secondary N) is 3. The normalized spacial score (nSPS) is 11.5. The van der Waals surface area contributed by atoms with E-state index >= 15 is 0 Å². The zero-order valence-electron chi connectivity index (χ0n) is 20.4. The summed E-state index contributed by atoms with van der Waals surface area (Å²) in [6.07, 6.45) is 1.97. The number of hydrogen-bond donors (Lipinski definition) is 3. The van der Waals surface area contributed by atoms with Gasteiger partial charge in [-0.25, -0.2) is 9.97 Å². The molecule has 1 aromatic carbocycles. The number of pyridine rings is 2.